The maximum Gasteiger partial charge on any atom is 0.310 e. The molecule has 2 bridgehead atoms. The number of hydrogen-bond donors (Lipinski definition) is 0. The fourth-order valence-corrected chi connectivity index (χ4v) is 6.33. The molecule has 2 aromatic carbocycles. The highest BCUT2D eigenvalue weighted by molar-refractivity contribution is 6.30. The standard InChI is InChI=1S/C30H33ClO4/c1-4-5-6-7-8-24(32)35-30-27-23-14-13-22(34-23)26(27)29(33)28(30)25-17(2)15-20(16-18(25)3)19-9-11-21(31)12-10-19/h9-12,15-16,22-23,26-27H,4-8,13-14H2,1-3H3/t22-,23+,26-,27+/m0/s1. The number of carbonyl (C=O) groups is 2. The third kappa shape index (κ3) is 4.47. The molecule has 2 fully saturated rings. The number of esters is 1. The van der Waals surface area contributed by atoms with Crippen molar-refractivity contribution in [2.75, 3.05) is 0 Å². The summed E-state index contributed by atoms with van der Waals surface area (Å²) < 4.78 is 12.2. The second kappa shape index (κ2) is 9.91. The van der Waals surface area contributed by atoms with Crippen LogP contribution in [0.1, 0.15) is 68.6 Å². The van der Waals surface area contributed by atoms with Crippen LogP contribution in [-0.2, 0) is 19.1 Å². The number of allylic oxidation sites excluding steroid dienone is 1. The second-order valence-corrected chi connectivity index (χ2v) is 10.7. The van der Waals surface area contributed by atoms with E-state index in [0.29, 0.717) is 22.8 Å². The Labute approximate surface area is 212 Å². The van der Waals surface area contributed by atoms with Gasteiger partial charge in [0.25, 0.3) is 0 Å². The summed E-state index contributed by atoms with van der Waals surface area (Å²) in [5.41, 5.74) is 5.64. The van der Waals surface area contributed by atoms with Crippen LogP contribution < -0.4 is 0 Å². The molecule has 4 nitrogen and oxygen atoms in total. The maximum absolute atomic E-state index is 13.8. The Kier molecular flexibility index (Phi) is 6.87. The number of ketones is 1. The molecule has 4 atom stereocenters. The number of rotatable bonds is 8. The van der Waals surface area contributed by atoms with Crippen LogP contribution in [-0.4, -0.2) is 24.0 Å². The lowest BCUT2D eigenvalue weighted by atomic mass is 9.80. The minimum Gasteiger partial charge on any atom is -0.430 e. The van der Waals surface area contributed by atoms with E-state index in [0.717, 1.165) is 66.3 Å². The molecule has 0 N–H and O–H groups in total. The van der Waals surface area contributed by atoms with Crippen molar-refractivity contribution >= 4 is 28.9 Å². The number of aryl methyl sites for hydroxylation is 2. The highest BCUT2D eigenvalue weighted by Gasteiger charge is 2.60. The van der Waals surface area contributed by atoms with Crippen molar-refractivity contribution in [1.82, 2.24) is 0 Å². The third-order valence-corrected chi connectivity index (χ3v) is 8.04. The maximum atomic E-state index is 13.8. The molecule has 5 rings (SSSR count). The van der Waals surface area contributed by atoms with Crippen LogP contribution in [0.3, 0.4) is 0 Å². The summed E-state index contributed by atoms with van der Waals surface area (Å²) in [6.07, 6.45) is 6.15. The lowest BCUT2D eigenvalue weighted by Crippen LogP contribution is -2.29. The van der Waals surface area contributed by atoms with Crippen LogP contribution in [0.15, 0.2) is 42.2 Å². The summed E-state index contributed by atoms with van der Waals surface area (Å²) in [6, 6.07) is 12.0. The van der Waals surface area contributed by atoms with Crippen molar-refractivity contribution < 1.29 is 19.1 Å². The molecule has 3 aliphatic rings. The number of unbranched alkanes of at least 4 members (excludes halogenated alkanes) is 3. The van der Waals surface area contributed by atoms with Crippen molar-refractivity contribution in [2.24, 2.45) is 11.8 Å². The van der Waals surface area contributed by atoms with Crippen LogP contribution >= 0.6 is 11.6 Å². The molecule has 0 spiro atoms. The van der Waals surface area contributed by atoms with Crippen LogP contribution in [0, 0.1) is 25.7 Å². The molecule has 2 heterocycles. The topological polar surface area (TPSA) is 52.6 Å². The largest absolute Gasteiger partial charge is 0.430 e. The molecule has 5 heteroatoms. The van der Waals surface area contributed by atoms with E-state index in [1.165, 1.54) is 0 Å². The zero-order valence-corrected chi connectivity index (χ0v) is 21.5. The van der Waals surface area contributed by atoms with Gasteiger partial charge in [0.2, 0.25) is 0 Å². The summed E-state index contributed by atoms with van der Waals surface area (Å²) in [5.74, 6) is 0.00411. The molecule has 0 amide bonds. The molecule has 1 aliphatic carbocycles. The van der Waals surface area contributed by atoms with Crippen molar-refractivity contribution in [3.05, 3.63) is 63.9 Å². The van der Waals surface area contributed by atoms with Gasteiger partial charge in [-0.25, -0.2) is 0 Å². The van der Waals surface area contributed by atoms with Gasteiger partial charge >= 0.3 is 5.97 Å². The molecule has 35 heavy (non-hydrogen) atoms. The van der Waals surface area contributed by atoms with E-state index in [9.17, 15) is 9.59 Å². The van der Waals surface area contributed by atoms with E-state index in [1.807, 2.05) is 38.1 Å². The van der Waals surface area contributed by atoms with E-state index in [2.05, 4.69) is 19.1 Å². The summed E-state index contributed by atoms with van der Waals surface area (Å²) >= 11 is 6.07. The smallest absolute Gasteiger partial charge is 0.310 e. The summed E-state index contributed by atoms with van der Waals surface area (Å²) in [7, 11) is 0. The van der Waals surface area contributed by atoms with Crippen molar-refractivity contribution in [1.29, 1.82) is 0 Å². The summed E-state index contributed by atoms with van der Waals surface area (Å²) in [6.45, 7) is 6.22. The van der Waals surface area contributed by atoms with Crippen LogP contribution in [0.5, 0.6) is 0 Å². The van der Waals surface area contributed by atoms with E-state index >= 15 is 0 Å². The van der Waals surface area contributed by atoms with Gasteiger partial charge in [-0.3, -0.25) is 9.59 Å². The highest BCUT2D eigenvalue weighted by Crippen LogP contribution is 2.55. The summed E-state index contributed by atoms with van der Waals surface area (Å²) in [5, 5.41) is 0.699. The van der Waals surface area contributed by atoms with Crippen LogP contribution in [0.25, 0.3) is 16.7 Å². The van der Waals surface area contributed by atoms with Gasteiger partial charge < -0.3 is 9.47 Å². The van der Waals surface area contributed by atoms with Gasteiger partial charge in [0.15, 0.2) is 5.78 Å². The Morgan fingerprint density at radius 3 is 2.29 bits per heavy atom. The molecule has 2 aliphatic heterocycles. The first-order chi connectivity index (χ1) is 16.9. The monoisotopic (exact) mass is 492 g/mol. The molecule has 184 valence electrons. The zero-order valence-electron chi connectivity index (χ0n) is 20.7. The molecule has 2 aromatic rings. The number of carbonyl (C=O) groups excluding carboxylic acids is 2. The number of benzene rings is 2. The van der Waals surface area contributed by atoms with Crippen LogP contribution in [0.4, 0.5) is 0 Å². The predicted octanol–water partition coefficient (Wildman–Crippen LogP) is 7.22. The van der Waals surface area contributed by atoms with Crippen LogP contribution in [0.2, 0.25) is 5.02 Å². The Balaban J connectivity index is 1.52. The normalized spacial score (nSPS) is 24.9. The SMILES string of the molecule is CCCCCCC(=O)OC1=C(c2c(C)cc(-c3ccc(Cl)cc3)cc2C)C(=O)[C@@H]2[C@H]1[C@H]1CC[C@@H]2O1. The Morgan fingerprint density at radius 1 is 0.971 bits per heavy atom. The average molecular weight is 493 g/mol. The molecule has 0 radical (unpaired) electrons. The molecular weight excluding hydrogens is 460 g/mol. The Morgan fingerprint density at radius 2 is 1.63 bits per heavy atom. The summed E-state index contributed by atoms with van der Waals surface area (Å²) in [4.78, 5) is 26.7. The molecule has 0 aromatic heterocycles. The lowest BCUT2D eigenvalue weighted by Gasteiger charge is -2.21. The first-order valence-corrected chi connectivity index (χ1v) is 13.3. The van der Waals surface area contributed by atoms with Gasteiger partial charge in [-0.2, -0.15) is 0 Å². The van der Waals surface area contributed by atoms with Crippen molar-refractivity contribution in [2.45, 2.75) is 77.9 Å². The fraction of sp³-hybridized carbons (Fsp3) is 0.467. The van der Waals surface area contributed by atoms with E-state index in [4.69, 9.17) is 21.1 Å². The molecular formula is C30H33ClO4. The lowest BCUT2D eigenvalue weighted by molar-refractivity contribution is -0.140. The Hall–Kier alpha value is -2.43. The third-order valence-electron chi connectivity index (χ3n) is 7.79. The van der Waals surface area contributed by atoms with Crippen molar-refractivity contribution in [3.8, 4) is 11.1 Å². The minimum atomic E-state index is -0.238. The minimum absolute atomic E-state index is 0.0386. The number of fused-ring (bicyclic) bond motifs is 5. The predicted molar refractivity (Wildman–Crippen MR) is 138 cm³/mol. The number of Topliss-reactive ketones (excluding diaryl/α,β-unsaturated/α-hetero) is 1. The first kappa shape index (κ1) is 24.3. The number of halogens is 1. The van der Waals surface area contributed by atoms with Gasteiger partial charge in [0, 0.05) is 11.4 Å². The van der Waals surface area contributed by atoms with Gasteiger partial charge in [0.1, 0.15) is 5.76 Å². The fourth-order valence-electron chi connectivity index (χ4n) is 6.20. The molecule has 0 unspecified atom stereocenters. The number of ether oxygens (including phenoxy) is 2. The van der Waals surface area contributed by atoms with Gasteiger partial charge in [-0.1, -0.05) is 62.1 Å². The van der Waals surface area contributed by atoms with E-state index < -0.39 is 0 Å². The molecule has 2 saturated heterocycles. The first-order valence-electron chi connectivity index (χ1n) is 12.9. The van der Waals surface area contributed by atoms with Gasteiger partial charge in [-0.15, -0.1) is 0 Å². The zero-order chi connectivity index (χ0) is 24.7. The van der Waals surface area contributed by atoms with Gasteiger partial charge in [0.05, 0.1) is 29.6 Å². The van der Waals surface area contributed by atoms with E-state index in [1.54, 1.807) is 0 Å². The van der Waals surface area contributed by atoms with E-state index in [-0.39, 0.29) is 35.8 Å². The Bertz CT molecular complexity index is 1160. The quantitative estimate of drug-likeness (QED) is 0.288. The molecule has 0 saturated carbocycles. The number of hydrogen-bond acceptors (Lipinski definition) is 4. The highest BCUT2D eigenvalue weighted by atomic mass is 35.5. The average Bonchev–Trinajstić information content (AvgIpc) is 3.51. The second-order valence-electron chi connectivity index (χ2n) is 10.2. The van der Waals surface area contributed by atoms with Crippen molar-refractivity contribution in [3.63, 3.8) is 0 Å². The van der Waals surface area contributed by atoms with Gasteiger partial charge in [-0.05, 0) is 73.1 Å².